The van der Waals surface area contributed by atoms with Crippen molar-refractivity contribution >= 4 is 10.4 Å². The monoisotopic (exact) mass is 560 g/mol. The van der Waals surface area contributed by atoms with Crippen molar-refractivity contribution < 1.29 is 47.1 Å². The molecule has 15 atom stereocenters. The largest absolute Gasteiger partial charge is 0.397 e. The van der Waals surface area contributed by atoms with Crippen LogP contribution in [0.2, 0.25) is 0 Å². The van der Waals surface area contributed by atoms with Crippen molar-refractivity contribution in [3.8, 4) is 0 Å². The van der Waals surface area contributed by atoms with E-state index in [1.165, 1.54) is 0 Å². The molecule has 6 rings (SSSR count). The van der Waals surface area contributed by atoms with Crippen molar-refractivity contribution in [3.63, 3.8) is 0 Å². The second-order valence-electron chi connectivity index (χ2n) is 14.0. The Morgan fingerprint density at radius 3 is 2.29 bits per heavy atom. The fourth-order valence-corrected chi connectivity index (χ4v) is 11.1. The van der Waals surface area contributed by atoms with Gasteiger partial charge in [0, 0.05) is 17.8 Å². The van der Waals surface area contributed by atoms with Gasteiger partial charge < -0.3 is 29.9 Å². The quantitative estimate of drug-likeness (QED) is 0.314. The van der Waals surface area contributed by atoms with Gasteiger partial charge in [0.25, 0.3) is 0 Å². The Balaban J connectivity index is 1.31. The first-order valence-corrected chi connectivity index (χ1v) is 15.7. The molecular formula is C27H44O10S. The van der Waals surface area contributed by atoms with Gasteiger partial charge in [-0.1, -0.05) is 27.7 Å². The number of ether oxygens (including phenoxy) is 2. The third-order valence-electron chi connectivity index (χ3n) is 12.6. The maximum absolute atomic E-state index is 11.8. The minimum absolute atomic E-state index is 0.0188. The standard InChI is InChI=1S/C27H44O10S/c1-13-5-10-27(35-12-13)14(2)19-18(36-27)11-17-15-6-9-26(31)22(29)20(28)21(37-38(32,33)34)23(30)25(26,4)16(15)7-8-24(17,19)3/h13-23,28-31H,5-12H2,1-4H3,(H,32,33,34)/t13-,14+,15-,16+,17+,18+,19+,20+,21-,22+,23-,24+,25+,26+,27-/m1/s1. The van der Waals surface area contributed by atoms with Crippen LogP contribution < -0.4 is 0 Å². The molecule has 0 aromatic rings. The molecule has 2 aliphatic heterocycles. The molecule has 0 unspecified atom stereocenters. The van der Waals surface area contributed by atoms with Gasteiger partial charge in [-0.2, -0.15) is 8.42 Å². The highest BCUT2D eigenvalue weighted by molar-refractivity contribution is 7.80. The molecule has 6 fully saturated rings. The highest BCUT2D eigenvalue weighted by Gasteiger charge is 2.75. The summed E-state index contributed by atoms with van der Waals surface area (Å²) in [5.41, 5.74) is -3.22. The number of hydrogen-bond acceptors (Lipinski definition) is 9. The Kier molecular flexibility index (Phi) is 6.27. The minimum atomic E-state index is -5.03. The van der Waals surface area contributed by atoms with Crippen LogP contribution in [0.5, 0.6) is 0 Å². The zero-order chi connectivity index (χ0) is 27.6. The van der Waals surface area contributed by atoms with Crippen molar-refractivity contribution in [2.75, 3.05) is 6.61 Å². The van der Waals surface area contributed by atoms with E-state index in [0.29, 0.717) is 31.3 Å². The van der Waals surface area contributed by atoms with Crippen LogP contribution in [0.3, 0.4) is 0 Å². The molecule has 4 saturated carbocycles. The molecular weight excluding hydrogens is 516 g/mol. The van der Waals surface area contributed by atoms with E-state index >= 15 is 0 Å². The zero-order valence-corrected chi connectivity index (χ0v) is 23.5. The summed E-state index contributed by atoms with van der Waals surface area (Å²) < 4.78 is 50.3. The van der Waals surface area contributed by atoms with E-state index in [-0.39, 0.29) is 41.6 Å². The fraction of sp³-hybridized carbons (Fsp3) is 1.00. The minimum Gasteiger partial charge on any atom is -0.390 e. The molecule has 0 radical (unpaired) electrons. The average molecular weight is 561 g/mol. The molecule has 2 saturated heterocycles. The van der Waals surface area contributed by atoms with Crippen LogP contribution in [0.1, 0.15) is 72.6 Å². The van der Waals surface area contributed by atoms with E-state index in [1.807, 2.05) is 0 Å². The lowest BCUT2D eigenvalue weighted by Crippen LogP contribution is -2.77. The van der Waals surface area contributed by atoms with E-state index in [1.54, 1.807) is 6.92 Å². The van der Waals surface area contributed by atoms with Gasteiger partial charge in [0.05, 0.1) is 18.8 Å². The van der Waals surface area contributed by atoms with Crippen molar-refractivity contribution in [2.24, 2.45) is 46.3 Å². The Morgan fingerprint density at radius 2 is 1.66 bits per heavy atom. The van der Waals surface area contributed by atoms with E-state index in [0.717, 1.165) is 25.7 Å². The third kappa shape index (κ3) is 3.49. The number of aliphatic hydroxyl groups is 4. The molecule has 0 aromatic carbocycles. The Morgan fingerprint density at radius 1 is 0.947 bits per heavy atom. The first-order chi connectivity index (χ1) is 17.6. The summed E-state index contributed by atoms with van der Waals surface area (Å²) in [7, 11) is -5.03. The lowest BCUT2D eigenvalue weighted by molar-refractivity contribution is -0.322. The topological polar surface area (TPSA) is 163 Å². The number of rotatable bonds is 2. The summed E-state index contributed by atoms with van der Waals surface area (Å²) in [5.74, 6) is 0.693. The van der Waals surface area contributed by atoms with Gasteiger partial charge in [-0.3, -0.25) is 4.55 Å². The molecule has 0 aromatic heterocycles. The lowest BCUT2D eigenvalue weighted by Gasteiger charge is -2.67. The molecule has 11 heteroatoms. The van der Waals surface area contributed by atoms with Gasteiger partial charge in [-0.25, -0.2) is 4.18 Å². The van der Waals surface area contributed by atoms with Crippen molar-refractivity contribution in [1.82, 2.24) is 0 Å². The number of hydrogen-bond donors (Lipinski definition) is 5. The fourth-order valence-electron chi connectivity index (χ4n) is 10.6. The SMILES string of the molecule is C[C@@H]1CC[C@@]2(OC1)O[C@H]1C[C@H]3[C@@H]4CC[C@]5(O)[C@@H](O)[C@@H](O)[C@@H](OS(=O)(=O)O)[C@@H](O)[C@]5(C)[C@H]4CC[C@]3(C)[C@H]1[C@@H]2C. The average Bonchev–Trinajstić information content (AvgIpc) is 3.29. The van der Waals surface area contributed by atoms with Crippen LogP contribution >= 0.6 is 0 Å². The van der Waals surface area contributed by atoms with Crippen LogP contribution in [-0.2, 0) is 24.1 Å². The van der Waals surface area contributed by atoms with Crippen LogP contribution in [0, 0.1) is 46.3 Å². The van der Waals surface area contributed by atoms with E-state index < -0.39 is 51.6 Å². The Hall–Kier alpha value is -0.370. The van der Waals surface area contributed by atoms with Gasteiger partial charge in [-0.05, 0) is 73.5 Å². The van der Waals surface area contributed by atoms with Gasteiger partial charge in [-0.15, -0.1) is 0 Å². The predicted octanol–water partition coefficient (Wildman–Crippen LogP) is 1.65. The maximum atomic E-state index is 11.8. The van der Waals surface area contributed by atoms with E-state index in [9.17, 15) is 33.4 Å². The molecule has 6 aliphatic rings. The molecule has 0 bridgehead atoms. The van der Waals surface area contributed by atoms with E-state index in [4.69, 9.17) is 9.47 Å². The summed E-state index contributed by atoms with van der Waals surface area (Å²) in [4.78, 5) is 0. The highest BCUT2D eigenvalue weighted by Crippen LogP contribution is 2.72. The second-order valence-corrected chi connectivity index (χ2v) is 15.1. The summed E-state index contributed by atoms with van der Waals surface area (Å²) in [6.45, 7) is 9.21. The summed E-state index contributed by atoms with van der Waals surface area (Å²) in [6, 6.07) is 0. The Bertz CT molecular complexity index is 1060. The van der Waals surface area contributed by atoms with Crippen molar-refractivity contribution in [2.45, 2.75) is 115 Å². The first-order valence-electron chi connectivity index (χ1n) is 14.3. The van der Waals surface area contributed by atoms with Crippen LogP contribution in [0.15, 0.2) is 0 Å². The van der Waals surface area contributed by atoms with Gasteiger partial charge in [0.1, 0.15) is 23.9 Å². The van der Waals surface area contributed by atoms with Crippen LogP contribution in [0.4, 0.5) is 0 Å². The number of fused-ring (bicyclic) bond motifs is 7. The molecule has 2 heterocycles. The van der Waals surface area contributed by atoms with Gasteiger partial charge in [0.2, 0.25) is 0 Å². The van der Waals surface area contributed by atoms with Gasteiger partial charge in [0.15, 0.2) is 5.79 Å². The van der Waals surface area contributed by atoms with E-state index in [2.05, 4.69) is 25.0 Å². The molecule has 5 N–H and O–H groups in total. The third-order valence-corrected chi connectivity index (χ3v) is 13.0. The molecule has 10 nitrogen and oxygen atoms in total. The van der Waals surface area contributed by atoms with Crippen LogP contribution in [0.25, 0.3) is 0 Å². The molecule has 4 aliphatic carbocycles. The van der Waals surface area contributed by atoms with Crippen LogP contribution in [-0.4, -0.2) is 81.9 Å². The van der Waals surface area contributed by atoms with Gasteiger partial charge >= 0.3 is 10.4 Å². The molecule has 0 amide bonds. The lowest BCUT2D eigenvalue weighted by atomic mass is 9.41. The first kappa shape index (κ1) is 27.8. The molecule has 1 spiro atoms. The summed E-state index contributed by atoms with van der Waals surface area (Å²) >= 11 is 0. The van der Waals surface area contributed by atoms with Crippen molar-refractivity contribution in [1.29, 1.82) is 0 Å². The predicted molar refractivity (Wildman–Crippen MR) is 134 cm³/mol. The smallest absolute Gasteiger partial charge is 0.390 e. The Labute approximate surface area is 225 Å². The van der Waals surface area contributed by atoms with Crippen molar-refractivity contribution in [3.05, 3.63) is 0 Å². The molecule has 218 valence electrons. The maximum Gasteiger partial charge on any atom is 0.397 e. The second kappa shape index (κ2) is 8.58. The normalized spacial score (nSPS) is 60.2. The number of aliphatic hydroxyl groups excluding tert-OH is 3. The zero-order valence-electron chi connectivity index (χ0n) is 22.7. The highest BCUT2D eigenvalue weighted by atomic mass is 32.3. The molecule has 38 heavy (non-hydrogen) atoms. The summed E-state index contributed by atoms with van der Waals surface area (Å²) in [6.07, 6.45) is -1.86. The summed E-state index contributed by atoms with van der Waals surface area (Å²) in [5, 5.41) is 45.0.